The molecule has 184 valence electrons. The third kappa shape index (κ3) is 4.93. The van der Waals surface area contributed by atoms with Crippen LogP contribution in [0.3, 0.4) is 0 Å². The summed E-state index contributed by atoms with van der Waals surface area (Å²) in [5, 5.41) is 14.6. The number of carbonyl (C=O) groups excluding carboxylic acids is 1. The van der Waals surface area contributed by atoms with E-state index in [1.165, 1.54) is 0 Å². The van der Waals surface area contributed by atoms with Crippen LogP contribution in [0.25, 0.3) is 11.4 Å². The Labute approximate surface area is 203 Å². The lowest BCUT2D eigenvalue weighted by molar-refractivity contribution is -0.122. The van der Waals surface area contributed by atoms with Gasteiger partial charge in [-0.3, -0.25) is 9.69 Å². The molecule has 1 atom stereocenters. The molecule has 3 N–H and O–H groups in total. The minimum Gasteiger partial charge on any atom is -0.507 e. The van der Waals surface area contributed by atoms with Crippen molar-refractivity contribution in [2.75, 3.05) is 31.6 Å². The molecule has 2 aliphatic heterocycles. The number of amides is 1. The summed E-state index contributed by atoms with van der Waals surface area (Å²) in [6.07, 6.45) is 5.18. The van der Waals surface area contributed by atoms with Gasteiger partial charge in [0.05, 0.1) is 13.2 Å². The van der Waals surface area contributed by atoms with Gasteiger partial charge in [0.2, 0.25) is 17.6 Å². The van der Waals surface area contributed by atoms with E-state index >= 15 is 0 Å². The van der Waals surface area contributed by atoms with E-state index in [1.807, 2.05) is 24.3 Å². The van der Waals surface area contributed by atoms with Crippen LogP contribution < -0.4 is 15.4 Å². The minimum atomic E-state index is -0.220. The van der Waals surface area contributed by atoms with Crippen LogP contribution >= 0.6 is 0 Å². The summed E-state index contributed by atoms with van der Waals surface area (Å²) in [6.45, 7) is 2.98. The number of rotatable bonds is 7. The van der Waals surface area contributed by atoms with Crippen molar-refractivity contribution < 1.29 is 19.2 Å². The van der Waals surface area contributed by atoms with Crippen molar-refractivity contribution in [1.82, 2.24) is 20.0 Å². The number of anilines is 1. The van der Waals surface area contributed by atoms with Crippen LogP contribution in [0.4, 0.5) is 5.82 Å². The number of primary amides is 1. The molecule has 2 aliphatic rings. The van der Waals surface area contributed by atoms with Gasteiger partial charge in [-0.1, -0.05) is 11.2 Å². The topological polar surface area (TPSA) is 131 Å². The van der Waals surface area contributed by atoms with Gasteiger partial charge < -0.3 is 25.0 Å². The van der Waals surface area contributed by atoms with Gasteiger partial charge in [-0.25, -0.2) is 4.98 Å². The summed E-state index contributed by atoms with van der Waals surface area (Å²) in [7, 11) is 1.58. The van der Waals surface area contributed by atoms with Gasteiger partial charge >= 0.3 is 0 Å². The minimum absolute atomic E-state index is 0.00321. The number of benzene rings is 1. The molecule has 0 spiro atoms. The summed E-state index contributed by atoms with van der Waals surface area (Å²) in [5.74, 6) is 2.51. The number of aromatic nitrogens is 3. The zero-order valence-corrected chi connectivity index (χ0v) is 19.8. The molecule has 0 aliphatic carbocycles. The molecule has 2 fully saturated rings. The Hall–Kier alpha value is -3.66. The van der Waals surface area contributed by atoms with Gasteiger partial charge in [-0.15, -0.1) is 0 Å². The molecule has 1 aromatic carbocycles. The van der Waals surface area contributed by atoms with Crippen LogP contribution in [0, 0.1) is 5.92 Å². The van der Waals surface area contributed by atoms with Crippen molar-refractivity contribution in [3.05, 3.63) is 48.0 Å². The first kappa shape index (κ1) is 23.1. The lowest BCUT2D eigenvalue weighted by Crippen LogP contribution is -2.38. The van der Waals surface area contributed by atoms with Crippen LogP contribution in [0.15, 0.2) is 41.1 Å². The number of piperidine rings is 1. The summed E-state index contributed by atoms with van der Waals surface area (Å²) in [6, 6.07) is 9.25. The molecule has 10 nitrogen and oxygen atoms in total. The number of methoxy groups -OCH3 is 1. The second kappa shape index (κ2) is 9.91. The average molecular weight is 479 g/mol. The number of pyridine rings is 1. The molecule has 0 radical (unpaired) electrons. The zero-order chi connectivity index (χ0) is 24.4. The second-order valence-electron chi connectivity index (χ2n) is 9.15. The fourth-order valence-corrected chi connectivity index (χ4v) is 4.90. The Morgan fingerprint density at radius 1 is 1.20 bits per heavy atom. The predicted octanol–water partition coefficient (Wildman–Crippen LogP) is 2.88. The molecule has 4 heterocycles. The van der Waals surface area contributed by atoms with Crippen LogP contribution in [-0.4, -0.2) is 57.8 Å². The number of aromatic hydroxyl groups is 1. The first-order valence-electron chi connectivity index (χ1n) is 12.0. The van der Waals surface area contributed by atoms with Gasteiger partial charge in [0, 0.05) is 48.9 Å². The zero-order valence-electron chi connectivity index (χ0n) is 19.8. The molecule has 2 aromatic heterocycles. The first-order chi connectivity index (χ1) is 17.0. The maximum atomic E-state index is 11.4. The van der Waals surface area contributed by atoms with E-state index in [1.54, 1.807) is 19.4 Å². The predicted molar refractivity (Wildman–Crippen MR) is 129 cm³/mol. The van der Waals surface area contributed by atoms with Crippen LogP contribution in [-0.2, 0) is 11.3 Å². The maximum absolute atomic E-state index is 11.4. The standard InChI is InChI=1S/C25H30N6O4/c1-34-19-6-4-18(21(32)13-19)15-31-10-2-3-20(31)25-28-24(29-35-25)17-5-7-22(27-14-17)30-11-8-16(9-12-30)23(26)33/h4-7,13-14,16,20,32H,2-3,8-12,15H2,1H3,(H2,26,33)/t20-/m0/s1. The molecular formula is C25H30N6O4. The van der Waals surface area contributed by atoms with Gasteiger partial charge in [-0.2, -0.15) is 4.98 Å². The van der Waals surface area contributed by atoms with Crippen LogP contribution in [0.5, 0.6) is 11.5 Å². The molecule has 3 aromatic rings. The van der Waals surface area contributed by atoms with E-state index in [2.05, 4.69) is 24.9 Å². The van der Waals surface area contributed by atoms with E-state index in [4.69, 9.17) is 15.0 Å². The van der Waals surface area contributed by atoms with Crippen molar-refractivity contribution in [3.63, 3.8) is 0 Å². The molecule has 35 heavy (non-hydrogen) atoms. The fourth-order valence-electron chi connectivity index (χ4n) is 4.90. The Kier molecular flexibility index (Phi) is 6.54. The van der Waals surface area contributed by atoms with Crippen LogP contribution in [0.2, 0.25) is 0 Å². The first-order valence-corrected chi connectivity index (χ1v) is 12.0. The molecule has 5 rings (SSSR count). The number of likely N-dealkylation sites (tertiary alicyclic amines) is 1. The quantitative estimate of drug-likeness (QED) is 0.526. The Bertz CT molecular complexity index is 1170. The Balaban J connectivity index is 1.25. The number of nitrogens with two attached hydrogens (primary N) is 1. The van der Waals surface area contributed by atoms with E-state index in [9.17, 15) is 9.90 Å². The van der Waals surface area contributed by atoms with Crippen molar-refractivity contribution in [2.45, 2.75) is 38.3 Å². The lowest BCUT2D eigenvalue weighted by Gasteiger charge is -2.31. The van der Waals surface area contributed by atoms with Crippen LogP contribution in [0.1, 0.15) is 43.2 Å². The summed E-state index contributed by atoms with van der Waals surface area (Å²) < 4.78 is 10.8. The highest BCUT2D eigenvalue weighted by Crippen LogP contribution is 2.35. The smallest absolute Gasteiger partial charge is 0.244 e. The summed E-state index contributed by atoms with van der Waals surface area (Å²) >= 11 is 0. The number of nitrogens with zero attached hydrogens (tertiary/aromatic N) is 5. The number of hydrogen-bond acceptors (Lipinski definition) is 9. The average Bonchev–Trinajstić information content (AvgIpc) is 3.55. The summed E-state index contributed by atoms with van der Waals surface area (Å²) in [4.78, 5) is 25.1. The highest BCUT2D eigenvalue weighted by Gasteiger charge is 2.31. The van der Waals surface area contributed by atoms with E-state index in [0.717, 1.165) is 62.3 Å². The molecule has 10 heteroatoms. The SMILES string of the molecule is COc1ccc(CN2CCC[C@H]2c2nc(-c3ccc(N4CCC(C(N)=O)CC4)nc3)no2)c(O)c1. The molecule has 0 unspecified atom stereocenters. The number of ether oxygens (including phenoxy) is 1. The number of phenols is 1. The highest BCUT2D eigenvalue weighted by atomic mass is 16.5. The molecule has 0 saturated carbocycles. The van der Waals surface area contributed by atoms with Crippen molar-refractivity contribution in [1.29, 1.82) is 0 Å². The third-order valence-corrected chi connectivity index (χ3v) is 6.98. The maximum Gasteiger partial charge on any atom is 0.244 e. The normalized spacial score (nSPS) is 19.2. The van der Waals surface area contributed by atoms with E-state index < -0.39 is 0 Å². The third-order valence-electron chi connectivity index (χ3n) is 6.98. The van der Waals surface area contributed by atoms with E-state index in [-0.39, 0.29) is 23.6 Å². The Morgan fingerprint density at radius 3 is 2.71 bits per heavy atom. The largest absolute Gasteiger partial charge is 0.507 e. The van der Waals surface area contributed by atoms with Gasteiger partial charge in [0.1, 0.15) is 17.3 Å². The molecule has 0 bridgehead atoms. The number of phenolic OH excluding ortho intramolecular Hbond substituents is 1. The van der Waals surface area contributed by atoms with Gasteiger partial charge in [0.25, 0.3) is 0 Å². The second-order valence-corrected chi connectivity index (χ2v) is 9.15. The van der Waals surface area contributed by atoms with E-state index in [0.29, 0.717) is 24.0 Å². The number of carbonyl (C=O) groups is 1. The Morgan fingerprint density at radius 2 is 2.03 bits per heavy atom. The van der Waals surface area contributed by atoms with Gasteiger partial charge in [-0.05, 0) is 50.4 Å². The highest BCUT2D eigenvalue weighted by molar-refractivity contribution is 5.77. The van der Waals surface area contributed by atoms with Crippen molar-refractivity contribution >= 4 is 11.7 Å². The summed E-state index contributed by atoms with van der Waals surface area (Å²) in [5.41, 5.74) is 7.05. The lowest BCUT2D eigenvalue weighted by atomic mass is 9.96. The molecule has 2 saturated heterocycles. The van der Waals surface area contributed by atoms with Crippen molar-refractivity contribution in [3.8, 4) is 22.9 Å². The molecular weight excluding hydrogens is 448 g/mol. The van der Waals surface area contributed by atoms with Gasteiger partial charge in [0.15, 0.2) is 0 Å². The molecule has 1 amide bonds. The number of hydrogen-bond donors (Lipinski definition) is 2. The van der Waals surface area contributed by atoms with Crippen molar-refractivity contribution in [2.24, 2.45) is 11.7 Å². The monoisotopic (exact) mass is 478 g/mol. The fraction of sp³-hybridized carbons (Fsp3) is 0.440.